The Morgan fingerprint density at radius 3 is 2.14 bits per heavy atom. The van der Waals surface area contributed by atoms with Crippen molar-refractivity contribution in [1.82, 2.24) is 5.32 Å². The molecule has 1 rings (SSSR count). The van der Waals surface area contributed by atoms with Crippen LogP contribution in [0, 0.1) is 10.8 Å². The van der Waals surface area contributed by atoms with E-state index in [0.717, 1.165) is 25.5 Å². The summed E-state index contributed by atoms with van der Waals surface area (Å²) in [5.41, 5.74) is 6.18. The van der Waals surface area contributed by atoms with Gasteiger partial charge in [-0.15, -0.1) is 0 Å². The number of carbonyl (C=O) groups excluding carboxylic acids is 1. The molecule has 0 radical (unpaired) electrons. The molecule has 0 heterocycles. The highest BCUT2D eigenvalue weighted by Crippen LogP contribution is 2.45. The third kappa shape index (κ3) is 6.78. The number of hydrogen-bond acceptors (Lipinski definition) is 4. The molecular formula is C15H30N2O3S. The molecule has 1 aliphatic carbocycles. The number of carbonyl (C=O) groups is 1. The van der Waals surface area contributed by atoms with E-state index in [2.05, 4.69) is 33.0 Å². The first kappa shape index (κ1) is 18.4. The van der Waals surface area contributed by atoms with E-state index < -0.39 is 15.9 Å². The first-order valence-electron chi connectivity index (χ1n) is 7.53. The fraction of sp³-hybridized carbons (Fsp3) is 0.933. The second-order valence-electron chi connectivity index (χ2n) is 8.14. The normalized spacial score (nSPS) is 23.5. The van der Waals surface area contributed by atoms with Gasteiger partial charge < -0.3 is 11.1 Å². The van der Waals surface area contributed by atoms with Crippen LogP contribution in [0.1, 0.15) is 53.4 Å². The predicted molar refractivity (Wildman–Crippen MR) is 85.6 cm³/mol. The van der Waals surface area contributed by atoms with Crippen LogP contribution in [0.4, 0.5) is 0 Å². The summed E-state index contributed by atoms with van der Waals surface area (Å²) in [7, 11) is -3.08. The van der Waals surface area contributed by atoms with E-state index in [4.69, 9.17) is 5.73 Å². The summed E-state index contributed by atoms with van der Waals surface area (Å²) in [6.07, 6.45) is 4.32. The first-order chi connectivity index (χ1) is 9.30. The summed E-state index contributed by atoms with van der Waals surface area (Å²) >= 11 is 0. The van der Waals surface area contributed by atoms with Crippen molar-refractivity contribution >= 4 is 15.7 Å². The molecule has 1 amide bonds. The molecule has 0 aliphatic heterocycles. The largest absolute Gasteiger partial charge is 0.352 e. The summed E-state index contributed by atoms with van der Waals surface area (Å²) < 4.78 is 22.3. The Labute approximate surface area is 129 Å². The molecule has 0 bridgehead atoms. The number of amides is 1. The van der Waals surface area contributed by atoms with Crippen molar-refractivity contribution in [2.45, 2.75) is 65.5 Å². The molecule has 124 valence electrons. The summed E-state index contributed by atoms with van der Waals surface area (Å²) in [5.74, 6) is -0.291. The van der Waals surface area contributed by atoms with Crippen LogP contribution in [0.2, 0.25) is 0 Å². The minimum atomic E-state index is -3.08. The van der Waals surface area contributed by atoms with Gasteiger partial charge >= 0.3 is 0 Å². The highest BCUT2D eigenvalue weighted by atomic mass is 32.2. The van der Waals surface area contributed by atoms with Gasteiger partial charge in [0.2, 0.25) is 5.91 Å². The quantitative estimate of drug-likeness (QED) is 0.803. The van der Waals surface area contributed by atoms with E-state index in [0.29, 0.717) is 0 Å². The molecular weight excluding hydrogens is 288 g/mol. The molecule has 5 nitrogen and oxygen atoms in total. The molecule has 0 saturated heterocycles. The number of hydrogen-bond donors (Lipinski definition) is 2. The van der Waals surface area contributed by atoms with Crippen LogP contribution >= 0.6 is 0 Å². The number of nitrogens with two attached hydrogens (primary N) is 1. The molecule has 1 atom stereocenters. The third-order valence-corrected chi connectivity index (χ3v) is 5.02. The molecule has 1 aliphatic rings. The van der Waals surface area contributed by atoms with Gasteiger partial charge in [0.1, 0.15) is 9.84 Å². The standard InChI is InChI=1S/C15H30N2O3S/c1-14(2)8-11(9-15(3,4)10-14)17-13(18)12(16)6-7-21(5,19)20/h11-12H,6-10,16H2,1-5H3,(H,17,18). The van der Waals surface area contributed by atoms with Gasteiger partial charge in [-0.3, -0.25) is 4.79 Å². The SMILES string of the molecule is CC1(C)CC(NC(=O)C(N)CCS(C)(=O)=O)CC(C)(C)C1. The Bertz CT molecular complexity index is 467. The van der Waals surface area contributed by atoms with Crippen molar-refractivity contribution < 1.29 is 13.2 Å². The van der Waals surface area contributed by atoms with Crippen molar-refractivity contribution in [3.8, 4) is 0 Å². The van der Waals surface area contributed by atoms with Gasteiger partial charge in [0.05, 0.1) is 11.8 Å². The van der Waals surface area contributed by atoms with Gasteiger partial charge in [-0.2, -0.15) is 0 Å². The maximum Gasteiger partial charge on any atom is 0.237 e. The fourth-order valence-electron chi connectivity index (χ4n) is 3.73. The monoisotopic (exact) mass is 318 g/mol. The average Bonchev–Trinajstić information content (AvgIpc) is 2.19. The van der Waals surface area contributed by atoms with Gasteiger partial charge in [-0.05, 0) is 36.5 Å². The van der Waals surface area contributed by atoms with E-state index in [1.165, 1.54) is 0 Å². The van der Waals surface area contributed by atoms with E-state index >= 15 is 0 Å². The summed E-state index contributed by atoms with van der Waals surface area (Å²) in [4.78, 5) is 12.1. The number of rotatable bonds is 5. The molecule has 0 spiro atoms. The minimum Gasteiger partial charge on any atom is -0.352 e. The molecule has 1 fully saturated rings. The van der Waals surface area contributed by atoms with Crippen molar-refractivity contribution in [2.24, 2.45) is 16.6 Å². The average molecular weight is 318 g/mol. The molecule has 0 aromatic rings. The smallest absolute Gasteiger partial charge is 0.237 e. The second kappa shape index (κ2) is 6.24. The number of nitrogens with one attached hydrogen (secondary N) is 1. The molecule has 0 aromatic carbocycles. The molecule has 21 heavy (non-hydrogen) atoms. The second-order valence-corrected chi connectivity index (χ2v) is 10.4. The molecule has 1 unspecified atom stereocenters. The zero-order valence-electron chi connectivity index (χ0n) is 13.9. The highest BCUT2D eigenvalue weighted by Gasteiger charge is 2.39. The highest BCUT2D eigenvalue weighted by molar-refractivity contribution is 7.90. The van der Waals surface area contributed by atoms with Crippen LogP contribution in [0.15, 0.2) is 0 Å². The summed E-state index contributed by atoms with van der Waals surface area (Å²) in [6, 6.07) is -0.645. The maximum absolute atomic E-state index is 12.1. The number of sulfone groups is 1. The molecule has 1 saturated carbocycles. The lowest BCUT2D eigenvalue weighted by atomic mass is 9.63. The Hall–Kier alpha value is -0.620. The Kier molecular flexibility index (Phi) is 5.48. The minimum absolute atomic E-state index is 0.0523. The zero-order chi connectivity index (χ0) is 16.5. The third-order valence-electron chi connectivity index (χ3n) is 4.04. The fourth-order valence-corrected chi connectivity index (χ4v) is 4.41. The lowest BCUT2D eigenvalue weighted by Gasteiger charge is -2.45. The topological polar surface area (TPSA) is 89.3 Å². The molecule has 3 N–H and O–H groups in total. The Balaban J connectivity index is 2.57. The van der Waals surface area contributed by atoms with Crippen LogP contribution in [-0.4, -0.2) is 38.4 Å². The lowest BCUT2D eigenvalue weighted by molar-refractivity contribution is -0.124. The van der Waals surface area contributed by atoms with E-state index in [1.54, 1.807) is 0 Å². The zero-order valence-corrected chi connectivity index (χ0v) is 14.7. The van der Waals surface area contributed by atoms with Crippen LogP contribution in [0.5, 0.6) is 0 Å². The lowest BCUT2D eigenvalue weighted by Crippen LogP contribution is -2.50. The van der Waals surface area contributed by atoms with Crippen LogP contribution in [0.25, 0.3) is 0 Å². The predicted octanol–water partition coefficient (Wildman–Crippen LogP) is 1.47. The van der Waals surface area contributed by atoms with Crippen LogP contribution in [-0.2, 0) is 14.6 Å². The van der Waals surface area contributed by atoms with E-state index in [1.807, 2.05) is 0 Å². The maximum atomic E-state index is 12.1. The van der Waals surface area contributed by atoms with Crippen LogP contribution in [0.3, 0.4) is 0 Å². The van der Waals surface area contributed by atoms with Crippen molar-refractivity contribution in [3.05, 3.63) is 0 Å². The summed E-state index contributed by atoms with van der Waals surface area (Å²) in [6.45, 7) is 8.88. The molecule has 6 heteroatoms. The van der Waals surface area contributed by atoms with Gasteiger partial charge in [-0.1, -0.05) is 27.7 Å². The Morgan fingerprint density at radius 1 is 1.24 bits per heavy atom. The first-order valence-corrected chi connectivity index (χ1v) is 9.59. The van der Waals surface area contributed by atoms with Gasteiger partial charge in [-0.25, -0.2) is 8.42 Å². The van der Waals surface area contributed by atoms with E-state index in [-0.39, 0.29) is 35.0 Å². The van der Waals surface area contributed by atoms with Crippen molar-refractivity contribution in [1.29, 1.82) is 0 Å². The van der Waals surface area contributed by atoms with Crippen LogP contribution < -0.4 is 11.1 Å². The Morgan fingerprint density at radius 2 is 1.71 bits per heavy atom. The van der Waals surface area contributed by atoms with Gasteiger partial charge in [0, 0.05) is 12.3 Å². The van der Waals surface area contributed by atoms with Gasteiger partial charge in [0.25, 0.3) is 0 Å². The van der Waals surface area contributed by atoms with Gasteiger partial charge in [0.15, 0.2) is 0 Å². The molecule has 0 aromatic heterocycles. The summed E-state index contributed by atoms with van der Waals surface area (Å²) in [5, 5.41) is 3.01. The van der Waals surface area contributed by atoms with E-state index in [9.17, 15) is 13.2 Å². The van der Waals surface area contributed by atoms with Crippen molar-refractivity contribution in [3.63, 3.8) is 0 Å². The van der Waals surface area contributed by atoms with Crippen molar-refractivity contribution in [2.75, 3.05) is 12.0 Å².